The summed E-state index contributed by atoms with van der Waals surface area (Å²) >= 11 is 1.58. The topological polar surface area (TPSA) is 67.5 Å². The Morgan fingerprint density at radius 2 is 2.09 bits per heavy atom. The first-order chi connectivity index (χ1) is 10.5. The molecular formula is C16H17N3O2S. The van der Waals surface area contributed by atoms with E-state index in [0.717, 1.165) is 21.1 Å². The van der Waals surface area contributed by atoms with Crippen LogP contribution < -0.4 is 0 Å². The molecular weight excluding hydrogens is 298 g/mol. The number of hydrogen-bond donors (Lipinski definition) is 1. The Bertz CT molecular complexity index is 864. The van der Waals surface area contributed by atoms with Gasteiger partial charge in [0.25, 0.3) is 0 Å². The fraction of sp³-hybridized carbons (Fsp3) is 0.312. The molecule has 0 atom stereocenters. The molecule has 6 heteroatoms. The minimum Gasteiger partial charge on any atom is -0.481 e. The molecule has 1 aromatic carbocycles. The molecule has 0 radical (unpaired) electrons. The molecule has 114 valence electrons. The third-order valence-electron chi connectivity index (χ3n) is 3.61. The number of carbonyl (C=O) groups is 1. The Morgan fingerprint density at radius 3 is 2.77 bits per heavy atom. The lowest BCUT2D eigenvalue weighted by molar-refractivity contribution is -0.137. The number of benzene rings is 1. The maximum Gasteiger partial charge on any atom is 0.303 e. The molecule has 0 saturated heterocycles. The predicted octanol–water partition coefficient (Wildman–Crippen LogP) is 3.40. The maximum atomic E-state index is 10.7. The van der Waals surface area contributed by atoms with Gasteiger partial charge in [-0.3, -0.25) is 4.79 Å². The normalized spacial score (nSPS) is 11.2. The van der Waals surface area contributed by atoms with E-state index in [4.69, 9.17) is 5.11 Å². The number of aliphatic carboxylic acids is 1. The van der Waals surface area contributed by atoms with Gasteiger partial charge in [0.05, 0.1) is 12.1 Å². The Balaban J connectivity index is 2.08. The Hall–Kier alpha value is -2.21. The molecule has 2 aromatic heterocycles. The summed E-state index contributed by atoms with van der Waals surface area (Å²) in [5.74, 6) is -0.247. The van der Waals surface area contributed by atoms with E-state index in [2.05, 4.69) is 49.1 Å². The third-order valence-corrected chi connectivity index (χ3v) is 4.56. The van der Waals surface area contributed by atoms with Crippen LogP contribution in [-0.2, 0) is 11.2 Å². The molecule has 0 aliphatic carbocycles. The van der Waals surface area contributed by atoms with Crippen molar-refractivity contribution in [3.05, 3.63) is 40.0 Å². The number of nitrogens with zero attached hydrogens (tertiary/aromatic N) is 3. The minimum absolute atomic E-state index is 0.0513. The minimum atomic E-state index is -0.830. The second-order valence-corrected chi connectivity index (χ2v) is 6.62. The number of hydrogen-bond acceptors (Lipinski definition) is 4. The van der Waals surface area contributed by atoms with E-state index >= 15 is 0 Å². The second-order valence-electron chi connectivity index (χ2n) is 5.44. The molecule has 2 heterocycles. The Morgan fingerprint density at radius 1 is 1.32 bits per heavy atom. The SMILES string of the molecule is Cc1ccc(-c2c(C)sc3nc(CCC(=O)O)nn23)c(C)c1. The first-order valence-corrected chi connectivity index (χ1v) is 7.92. The van der Waals surface area contributed by atoms with Crippen LogP contribution in [0.25, 0.3) is 16.2 Å². The summed E-state index contributed by atoms with van der Waals surface area (Å²) < 4.78 is 1.84. The molecule has 0 unspecified atom stereocenters. The average molecular weight is 315 g/mol. The Labute approximate surface area is 132 Å². The van der Waals surface area contributed by atoms with Crippen molar-refractivity contribution in [1.29, 1.82) is 0 Å². The molecule has 5 nitrogen and oxygen atoms in total. The van der Waals surface area contributed by atoms with Crippen molar-refractivity contribution < 1.29 is 9.90 Å². The van der Waals surface area contributed by atoms with Crippen molar-refractivity contribution in [2.24, 2.45) is 0 Å². The maximum absolute atomic E-state index is 10.7. The number of rotatable bonds is 4. The summed E-state index contributed by atoms with van der Waals surface area (Å²) in [6, 6.07) is 6.35. The largest absolute Gasteiger partial charge is 0.481 e. The zero-order valence-electron chi connectivity index (χ0n) is 12.8. The van der Waals surface area contributed by atoms with Gasteiger partial charge >= 0.3 is 5.97 Å². The average Bonchev–Trinajstić information content (AvgIpc) is 2.94. The fourth-order valence-corrected chi connectivity index (χ4v) is 3.53. The van der Waals surface area contributed by atoms with Crippen molar-refractivity contribution in [2.45, 2.75) is 33.6 Å². The standard InChI is InChI=1S/C16H17N3O2S/c1-9-4-5-12(10(2)8-9)15-11(3)22-16-17-13(18-19(15)16)6-7-14(20)21/h4-5,8H,6-7H2,1-3H3,(H,20,21). The lowest BCUT2D eigenvalue weighted by atomic mass is 10.0. The molecule has 0 amide bonds. The van der Waals surface area contributed by atoms with E-state index in [9.17, 15) is 4.79 Å². The van der Waals surface area contributed by atoms with Gasteiger partial charge in [-0.1, -0.05) is 35.1 Å². The molecule has 0 fully saturated rings. The second kappa shape index (κ2) is 5.53. The highest BCUT2D eigenvalue weighted by Crippen LogP contribution is 2.32. The van der Waals surface area contributed by atoms with Crippen molar-refractivity contribution in [3.8, 4) is 11.3 Å². The number of aromatic nitrogens is 3. The van der Waals surface area contributed by atoms with E-state index in [1.165, 1.54) is 11.1 Å². The number of aryl methyl sites for hydroxylation is 4. The molecule has 3 rings (SSSR count). The summed E-state index contributed by atoms with van der Waals surface area (Å²) in [5.41, 5.74) is 4.62. The summed E-state index contributed by atoms with van der Waals surface area (Å²) in [7, 11) is 0. The van der Waals surface area contributed by atoms with Crippen LogP contribution >= 0.6 is 11.3 Å². The van der Waals surface area contributed by atoms with Crippen LogP contribution in [0.15, 0.2) is 18.2 Å². The van der Waals surface area contributed by atoms with Gasteiger partial charge in [0.15, 0.2) is 5.82 Å². The summed E-state index contributed by atoms with van der Waals surface area (Å²) in [5, 5.41) is 13.3. The Kier molecular flexibility index (Phi) is 3.70. The number of thiazole rings is 1. The van der Waals surface area contributed by atoms with Gasteiger partial charge in [-0.25, -0.2) is 9.50 Å². The molecule has 0 aliphatic rings. The van der Waals surface area contributed by atoms with E-state index < -0.39 is 5.97 Å². The summed E-state index contributed by atoms with van der Waals surface area (Å²) in [6.07, 6.45) is 0.408. The smallest absolute Gasteiger partial charge is 0.303 e. The quantitative estimate of drug-likeness (QED) is 0.801. The number of carboxylic acid groups (broad SMARTS) is 1. The zero-order valence-corrected chi connectivity index (χ0v) is 13.6. The van der Waals surface area contributed by atoms with Gasteiger partial charge in [-0.05, 0) is 26.3 Å². The summed E-state index contributed by atoms with van der Waals surface area (Å²) in [6.45, 7) is 6.23. The van der Waals surface area contributed by atoms with Crippen LogP contribution in [-0.4, -0.2) is 25.7 Å². The molecule has 1 N–H and O–H groups in total. The van der Waals surface area contributed by atoms with Crippen molar-refractivity contribution in [1.82, 2.24) is 14.6 Å². The monoisotopic (exact) mass is 315 g/mol. The molecule has 0 spiro atoms. The number of carboxylic acids is 1. The van der Waals surface area contributed by atoms with Crippen LogP contribution in [0.3, 0.4) is 0 Å². The lowest BCUT2D eigenvalue weighted by Gasteiger charge is -2.06. The van der Waals surface area contributed by atoms with Crippen molar-refractivity contribution >= 4 is 22.3 Å². The lowest BCUT2D eigenvalue weighted by Crippen LogP contribution is -2.00. The van der Waals surface area contributed by atoms with Gasteiger partial charge in [-0.2, -0.15) is 0 Å². The molecule has 3 aromatic rings. The first kappa shape index (κ1) is 14.7. The van der Waals surface area contributed by atoms with Crippen LogP contribution in [0.5, 0.6) is 0 Å². The molecule has 0 bridgehead atoms. The highest BCUT2D eigenvalue weighted by atomic mass is 32.1. The fourth-order valence-electron chi connectivity index (χ4n) is 2.59. The van der Waals surface area contributed by atoms with Crippen LogP contribution in [0, 0.1) is 20.8 Å². The molecule has 0 saturated carbocycles. The highest BCUT2D eigenvalue weighted by Gasteiger charge is 2.17. The molecule has 0 aliphatic heterocycles. The predicted molar refractivity (Wildman–Crippen MR) is 86.5 cm³/mol. The first-order valence-electron chi connectivity index (χ1n) is 7.10. The highest BCUT2D eigenvalue weighted by molar-refractivity contribution is 7.17. The van der Waals surface area contributed by atoms with E-state index in [1.54, 1.807) is 11.3 Å². The van der Waals surface area contributed by atoms with Crippen LogP contribution in [0.1, 0.15) is 28.2 Å². The zero-order chi connectivity index (χ0) is 15.9. The van der Waals surface area contributed by atoms with Crippen molar-refractivity contribution in [3.63, 3.8) is 0 Å². The van der Waals surface area contributed by atoms with E-state index in [0.29, 0.717) is 12.2 Å². The van der Waals surface area contributed by atoms with Gasteiger partial charge in [-0.15, -0.1) is 5.10 Å². The summed E-state index contributed by atoms with van der Waals surface area (Å²) in [4.78, 5) is 17.1. The van der Waals surface area contributed by atoms with Gasteiger partial charge in [0.1, 0.15) is 0 Å². The number of fused-ring (bicyclic) bond motifs is 1. The van der Waals surface area contributed by atoms with Gasteiger partial charge in [0.2, 0.25) is 4.96 Å². The van der Waals surface area contributed by atoms with Gasteiger partial charge < -0.3 is 5.11 Å². The van der Waals surface area contributed by atoms with Crippen molar-refractivity contribution in [2.75, 3.05) is 0 Å². The third kappa shape index (κ3) is 2.62. The van der Waals surface area contributed by atoms with E-state index in [1.807, 2.05) is 4.52 Å². The van der Waals surface area contributed by atoms with Crippen LogP contribution in [0.2, 0.25) is 0 Å². The molecule has 22 heavy (non-hydrogen) atoms. The van der Waals surface area contributed by atoms with Crippen LogP contribution in [0.4, 0.5) is 0 Å². The van der Waals surface area contributed by atoms with Gasteiger partial charge in [0, 0.05) is 16.9 Å². The van der Waals surface area contributed by atoms with E-state index in [-0.39, 0.29) is 6.42 Å².